The number of benzene rings is 2. The molecular formula is C23H30N2O2S. The quantitative estimate of drug-likeness (QED) is 0.723. The van der Waals surface area contributed by atoms with Gasteiger partial charge in [-0.1, -0.05) is 36.4 Å². The molecule has 2 aromatic rings. The van der Waals surface area contributed by atoms with Gasteiger partial charge in [-0.3, -0.25) is 9.69 Å². The molecule has 1 heterocycles. The fourth-order valence-corrected chi connectivity index (χ4v) is 4.26. The highest BCUT2D eigenvalue weighted by molar-refractivity contribution is 7.98. The van der Waals surface area contributed by atoms with Crippen molar-refractivity contribution in [1.29, 1.82) is 0 Å². The molecule has 1 aliphatic heterocycles. The second kappa shape index (κ2) is 10.5. The van der Waals surface area contributed by atoms with E-state index in [4.69, 9.17) is 4.74 Å². The molecule has 1 atom stereocenters. The Balaban J connectivity index is 1.50. The lowest BCUT2D eigenvalue weighted by molar-refractivity contribution is 0.0849. The average Bonchev–Trinajstić information content (AvgIpc) is 2.73. The van der Waals surface area contributed by atoms with Gasteiger partial charge in [0.15, 0.2) is 0 Å². The number of carbonyl (C=O) groups excluding carboxylic acids is 1. The van der Waals surface area contributed by atoms with Crippen molar-refractivity contribution >= 4 is 17.7 Å². The third kappa shape index (κ3) is 6.01. The molecule has 0 bridgehead atoms. The molecule has 1 N–H and O–H groups in total. The van der Waals surface area contributed by atoms with E-state index in [1.165, 1.54) is 5.75 Å². The number of piperidine rings is 1. The second-order valence-corrected chi connectivity index (χ2v) is 8.26. The SMILES string of the molecule is CSC[C@H](C)N1CCC(Oc2cccc(C(=O)NCc3ccccc3)c2)CC1. The van der Waals surface area contributed by atoms with E-state index >= 15 is 0 Å². The normalized spacial score (nSPS) is 16.5. The summed E-state index contributed by atoms with van der Waals surface area (Å²) in [6.45, 7) is 4.97. The first kappa shape index (κ1) is 20.7. The lowest BCUT2D eigenvalue weighted by Crippen LogP contribution is -2.43. The van der Waals surface area contributed by atoms with Crippen LogP contribution in [0.4, 0.5) is 0 Å². The Morgan fingerprint density at radius 2 is 1.93 bits per heavy atom. The summed E-state index contributed by atoms with van der Waals surface area (Å²) in [5, 5.41) is 2.97. The van der Waals surface area contributed by atoms with Crippen molar-refractivity contribution in [3.63, 3.8) is 0 Å². The van der Waals surface area contributed by atoms with E-state index in [0.717, 1.165) is 37.2 Å². The van der Waals surface area contributed by atoms with Gasteiger partial charge in [0.2, 0.25) is 0 Å². The van der Waals surface area contributed by atoms with Crippen LogP contribution in [0.2, 0.25) is 0 Å². The van der Waals surface area contributed by atoms with Crippen LogP contribution in [0.3, 0.4) is 0 Å². The summed E-state index contributed by atoms with van der Waals surface area (Å²) in [6.07, 6.45) is 4.45. The summed E-state index contributed by atoms with van der Waals surface area (Å²) in [5.74, 6) is 1.88. The molecule has 150 valence electrons. The number of thioether (sulfide) groups is 1. The minimum atomic E-state index is -0.0741. The molecule has 0 spiro atoms. The van der Waals surface area contributed by atoms with E-state index in [2.05, 4.69) is 23.4 Å². The third-order valence-electron chi connectivity index (χ3n) is 5.20. The molecule has 1 amide bonds. The fraction of sp³-hybridized carbons (Fsp3) is 0.435. The van der Waals surface area contributed by atoms with Crippen LogP contribution in [0.1, 0.15) is 35.7 Å². The molecule has 4 nitrogen and oxygen atoms in total. The maximum atomic E-state index is 12.5. The number of carbonyl (C=O) groups is 1. The van der Waals surface area contributed by atoms with Crippen molar-refractivity contribution in [2.75, 3.05) is 25.1 Å². The average molecular weight is 399 g/mol. The zero-order valence-corrected chi connectivity index (χ0v) is 17.6. The number of amides is 1. The molecule has 2 aromatic carbocycles. The Labute approximate surface area is 172 Å². The molecule has 3 rings (SSSR count). The standard InChI is InChI=1S/C23H30N2O2S/c1-18(17-28-2)25-13-11-21(12-14-25)27-22-10-6-9-20(15-22)23(26)24-16-19-7-4-3-5-8-19/h3-10,15,18,21H,11-14,16-17H2,1-2H3,(H,24,26)/t18-/m0/s1. The van der Waals surface area contributed by atoms with Gasteiger partial charge in [-0.05, 0) is 49.8 Å². The van der Waals surface area contributed by atoms with E-state index in [1.807, 2.05) is 66.4 Å². The van der Waals surface area contributed by atoms with Gasteiger partial charge in [0, 0.05) is 37.0 Å². The first-order valence-corrected chi connectivity index (χ1v) is 11.4. The largest absolute Gasteiger partial charge is 0.490 e. The van der Waals surface area contributed by atoms with Crippen molar-refractivity contribution < 1.29 is 9.53 Å². The van der Waals surface area contributed by atoms with Gasteiger partial charge in [0.05, 0.1) is 0 Å². The summed E-state index contributed by atoms with van der Waals surface area (Å²) in [7, 11) is 0. The van der Waals surface area contributed by atoms with Gasteiger partial charge in [-0.25, -0.2) is 0 Å². The van der Waals surface area contributed by atoms with Crippen LogP contribution in [-0.4, -0.2) is 48.1 Å². The van der Waals surface area contributed by atoms with E-state index in [1.54, 1.807) is 0 Å². The number of rotatable bonds is 8. The summed E-state index contributed by atoms with van der Waals surface area (Å²) >= 11 is 1.90. The summed E-state index contributed by atoms with van der Waals surface area (Å²) in [4.78, 5) is 15.0. The van der Waals surface area contributed by atoms with Gasteiger partial charge in [-0.2, -0.15) is 11.8 Å². The van der Waals surface area contributed by atoms with Crippen molar-refractivity contribution in [3.8, 4) is 5.75 Å². The Hall–Kier alpha value is -1.98. The first-order chi connectivity index (χ1) is 13.7. The molecule has 1 fully saturated rings. The monoisotopic (exact) mass is 398 g/mol. The fourth-order valence-electron chi connectivity index (χ4n) is 3.56. The zero-order chi connectivity index (χ0) is 19.8. The smallest absolute Gasteiger partial charge is 0.251 e. The Bertz CT molecular complexity index is 745. The second-order valence-electron chi connectivity index (χ2n) is 7.35. The van der Waals surface area contributed by atoms with Crippen molar-refractivity contribution in [1.82, 2.24) is 10.2 Å². The number of hydrogen-bond acceptors (Lipinski definition) is 4. The highest BCUT2D eigenvalue weighted by Gasteiger charge is 2.23. The minimum absolute atomic E-state index is 0.0741. The summed E-state index contributed by atoms with van der Waals surface area (Å²) in [6, 6.07) is 18.1. The maximum Gasteiger partial charge on any atom is 0.251 e. The van der Waals surface area contributed by atoms with Crippen LogP contribution in [0, 0.1) is 0 Å². The Morgan fingerprint density at radius 3 is 2.64 bits per heavy atom. The summed E-state index contributed by atoms with van der Waals surface area (Å²) < 4.78 is 6.19. The molecular weight excluding hydrogens is 368 g/mol. The van der Waals surface area contributed by atoms with Crippen LogP contribution in [0.25, 0.3) is 0 Å². The van der Waals surface area contributed by atoms with Crippen LogP contribution >= 0.6 is 11.8 Å². The molecule has 0 aromatic heterocycles. The molecule has 0 aliphatic carbocycles. The van der Waals surface area contributed by atoms with Crippen LogP contribution in [-0.2, 0) is 6.54 Å². The summed E-state index contributed by atoms with van der Waals surface area (Å²) in [5.41, 5.74) is 1.73. The molecule has 1 saturated heterocycles. The third-order valence-corrected chi connectivity index (χ3v) is 6.02. The predicted molar refractivity (Wildman–Crippen MR) is 117 cm³/mol. The zero-order valence-electron chi connectivity index (χ0n) is 16.8. The van der Waals surface area contributed by atoms with Gasteiger partial charge in [0.1, 0.15) is 11.9 Å². The first-order valence-electron chi connectivity index (χ1n) is 9.97. The van der Waals surface area contributed by atoms with Crippen LogP contribution in [0.5, 0.6) is 5.75 Å². The number of ether oxygens (including phenoxy) is 1. The van der Waals surface area contributed by atoms with Gasteiger partial charge >= 0.3 is 0 Å². The Kier molecular flexibility index (Phi) is 7.80. The van der Waals surface area contributed by atoms with Crippen molar-refractivity contribution in [2.24, 2.45) is 0 Å². The Morgan fingerprint density at radius 1 is 1.18 bits per heavy atom. The van der Waals surface area contributed by atoms with E-state index < -0.39 is 0 Å². The molecule has 0 radical (unpaired) electrons. The lowest BCUT2D eigenvalue weighted by atomic mass is 10.1. The molecule has 1 aliphatic rings. The van der Waals surface area contributed by atoms with E-state index in [0.29, 0.717) is 18.2 Å². The van der Waals surface area contributed by atoms with E-state index in [-0.39, 0.29) is 12.0 Å². The number of nitrogens with one attached hydrogen (secondary N) is 1. The number of likely N-dealkylation sites (tertiary alicyclic amines) is 1. The van der Waals surface area contributed by atoms with Crippen LogP contribution < -0.4 is 10.1 Å². The van der Waals surface area contributed by atoms with Crippen molar-refractivity contribution in [2.45, 2.75) is 38.5 Å². The molecule has 5 heteroatoms. The molecule has 28 heavy (non-hydrogen) atoms. The topological polar surface area (TPSA) is 41.6 Å². The maximum absolute atomic E-state index is 12.5. The number of nitrogens with zero attached hydrogens (tertiary/aromatic N) is 1. The molecule has 0 saturated carbocycles. The highest BCUT2D eigenvalue weighted by atomic mass is 32.2. The molecule has 0 unspecified atom stereocenters. The van der Waals surface area contributed by atoms with Crippen molar-refractivity contribution in [3.05, 3.63) is 65.7 Å². The predicted octanol–water partition coefficient (Wildman–Crippen LogP) is 4.21. The number of hydrogen-bond donors (Lipinski definition) is 1. The van der Waals surface area contributed by atoms with Gasteiger partial charge < -0.3 is 10.1 Å². The van der Waals surface area contributed by atoms with Crippen LogP contribution in [0.15, 0.2) is 54.6 Å². The lowest BCUT2D eigenvalue weighted by Gasteiger charge is -2.35. The van der Waals surface area contributed by atoms with Gasteiger partial charge in [-0.15, -0.1) is 0 Å². The van der Waals surface area contributed by atoms with E-state index in [9.17, 15) is 4.79 Å². The van der Waals surface area contributed by atoms with Gasteiger partial charge in [0.25, 0.3) is 5.91 Å². The minimum Gasteiger partial charge on any atom is -0.490 e. The highest BCUT2D eigenvalue weighted by Crippen LogP contribution is 2.22.